The van der Waals surface area contributed by atoms with Crippen LogP contribution in [0.15, 0.2) is 12.4 Å². The van der Waals surface area contributed by atoms with Gasteiger partial charge < -0.3 is 15.2 Å². The van der Waals surface area contributed by atoms with Crippen LogP contribution in [0.2, 0.25) is 0 Å². The van der Waals surface area contributed by atoms with Gasteiger partial charge in [0.05, 0.1) is 12.4 Å². The highest BCUT2D eigenvalue weighted by Crippen LogP contribution is 2.06. The number of anilines is 1. The van der Waals surface area contributed by atoms with Crippen LogP contribution in [-0.2, 0) is 0 Å². The minimum atomic E-state index is -0.100. The van der Waals surface area contributed by atoms with E-state index in [1.807, 2.05) is 23.9 Å². The molecular formula is C13H24N6O. The van der Waals surface area contributed by atoms with Gasteiger partial charge >= 0.3 is 0 Å². The van der Waals surface area contributed by atoms with Gasteiger partial charge in [0.1, 0.15) is 5.69 Å². The Morgan fingerprint density at radius 3 is 2.45 bits per heavy atom. The fraction of sp³-hybridized carbons (Fsp3) is 0.615. The molecule has 0 aliphatic carbocycles. The second kappa shape index (κ2) is 7.76. The zero-order valence-corrected chi connectivity index (χ0v) is 12.6. The number of likely N-dealkylation sites (N-methyl/N-ethyl adjacent to an activating group) is 1. The first-order valence-corrected chi connectivity index (χ1v) is 6.66. The molecule has 0 spiro atoms. The lowest BCUT2D eigenvalue weighted by atomic mass is 10.2. The molecule has 0 saturated heterocycles. The van der Waals surface area contributed by atoms with E-state index in [2.05, 4.69) is 29.2 Å². The Labute approximate surface area is 120 Å². The van der Waals surface area contributed by atoms with Crippen molar-refractivity contribution < 1.29 is 4.79 Å². The van der Waals surface area contributed by atoms with Crippen molar-refractivity contribution in [1.29, 1.82) is 0 Å². The van der Waals surface area contributed by atoms with Crippen molar-refractivity contribution in [2.75, 3.05) is 39.2 Å². The third-order valence-corrected chi connectivity index (χ3v) is 2.71. The molecule has 3 N–H and O–H groups in total. The molecule has 0 fully saturated rings. The molecule has 1 rings (SSSR count). The summed E-state index contributed by atoms with van der Waals surface area (Å²) in [6, 6.07) is 0. The summed E-state index contributed by atoms with van der Waals surface area (Å²) in [6.45, 7) is 6.36. The molecule has 7 heteroatoms. The number of nitrogens with two attached hydrogens (primary N) is 1. The maximum absolute atomic E-state index is 12.4. The molecular weight excluding hydrogens is 256 g/mol. The van der Waals surface area contributed by atoms with Gasteiger partial charge in [0.2, 0.25) is 0 Å². The summed E-state index contributed by atoms with van der Waals surface area (Å²) in [5.74, 6) is 5.97. The van der Waals surface area contributed by atoms with E-state index in [0.29, 0.717) is 30.5 Å². The normalized spacial score (nSPS) is 10.9. The predicted molar refractivity (Wildman–Crippen MR) is 79.1 cm³/mol. The number of hydrogen-bond acceptors (Lipinski definition) is 6. The van der Waals surface area contributed by atoms with Crippen molar-refractivity contribution in [1.82, 2.24) is 19.8 Å². The maximum Gasteiger partial charge on any atom is 0.274 e. The van der Waals surface area contributed by atoms with Gasteiger partial charge in [-0.3, -0.25) is 4.79 Å². The summed E-state index contributed by atoms with van der Waals surface area (Å²) >= 11 is 0. The number of carbonyl (C=O) groups is 1. The third-order valence-electron chi connectivity index (χ3n) is 2.71. The van der Waals surface area contributed by atoms with Crippen LogP contribution in [0.25, 0.3) is 0 Å². The molecule has 112 valence electrons. The largest absolute Gasteiger partial charge is 0.336 e. The first kappa shape index (κ1) is 16.3. The molecule has 0 radical (unpaired) electrons. The van der Waals surface area contributed by atoms with Gasteiger partial charge in [0.15, 0.2) is 5.82 Å². The van der Waals surface area contributed by atoms with Crippen molar-refractivity contribution in [3.05, 3.63) is 18.1 Å². The Hall–Kier alpha value is -1.73. The number of nitrogens with one attached hydrogen (secondary N) is 1. The molecule has 0 atom stereocenters. The summed E-state index contributed by atoms with van der Waals surface area (Å²) in [6.07, 6.45) is 2.90. The van der Waals surface area contributed by atoms with Crippen LogP contribution in [0.5, 0.6) is 0 Å². The van der Waals surface area contributed by atoms with Gasteiger partial charge in [-0.05, 0) is 20.0 Å². The first-order valence-electron chi connectivity index (χ1n) is 6.66. The standard InChI is InChI=1S/C13H24N6O/c1-10(2)9-19(6-5-18(3)4)13(20)11-7-16-12(17-14)8-15-11/h7-8,10H,5-6,9,14H2,1-4H3,(H,16,17). The van der Waals surface area contributed by atoms with Gasteiger partial charge in [0.25, 0.3) is 5.91 Å². The molecule has 0 aliphatic rings. The van der Waals surface area contributed by atoms with Crippen LogP contribution in [0, 0.1) is 5.92 Å². The monoisotopic (exact) mass is 280 g/mol. The van der Waals surface area contributed by atoms with E-state index < -0.39 is 0 Å². The molecule has 0 saturated carbocycles. The molecule has 0 aromatic carbocycles. The highest BCUT2D eigenvalue weighted by molar-refractivity contribution is 5.92. The molecule has 20 heavy (non-hydrogen) atoms. The Balaban J connectivity index is 2.79. The second-order valence-electron chi connectivity index (χ2n) is 5.38. The minimum absolute atomic E-state index is 0.100. The lowest BCUT2D eigenvalue weighted by Crippen LogP contribution is -2.39. The van der Waals surface area contributed by atoms with Crippen LogP contribution in [0.1, 0.15) is 24.3 Å². The van der Waals surface area contributed by atoms with Gasteiger partial charge in [-0.1, -0.05) is 13.8 Å². The van der Waals surface area contributed by atoms with Crippen molar-refractivity contribution in [2.24, 2.45) is 11.8 Å². The first-order chi connectivity index (χ1) is 9.43. The summed E-state index contributed by atoms with van der Waals surface area (Å²) in [5.41, 5.74) is 2.73. The van der Waals surface area contributed by atoms with Crippen LogP contribution in [-0.4, -0.2) is 59.4 Å². The van der Waals surface area contributed by atoms with Crippen molar-refractivity contribution >= 4 is 11.7 Å². The molecule has 1 aromatic rings. The Morgan fingerprint density at radius 2 is 2.00 bits per heavy atom. The van der Waals surface area contributed by atoms with E-state index in [0.717, 1.165) is 6.54 Å². The zero-order valence-electron chi connectivity index (χ0n) is 12.6. The molecule has 1 aromatic heterocycles. The minimum Gasteiger partial charge on any atom is -0.336 e. The fourth-order valence-electron chi connectivity index (χ4n) is 1.71. The van der Waals surface area contributed by atoms with E-state index in [1.54, 1.807) is 0 Å². The van der Waals surface area contributed by atoms with E-state index in [1.165, 1.54) is 12.4 Å². The molecule has 0 aliphatic heterocycles. The number of nitrogen functional groups attached to an aromatic ring is 1. The summed E-state index contributed by atoms with van der Waals surface area (Å²) in [5, 5.41) is 0. The lowest BCUT2D eigenvalue weighted by Gasteiger charge is -2.25. The SMILES string of the molecule is CC(C)CN(CCN(C)C)C(=O)c1cnc(NN)cn1. The summed E-state index contributed by atoms with van der Waals surface area (Å²) in [4.78, 5) is 24.4. The van der Waals surface area contributed by atoms with Gasteiger partial charge in [-0.25, -0.2) is 15.8 Å². The highest BCUT2D eigenvalue weighted by Gasteiger charge is 2.18. The van der Waals surface area contributed by atoms with E-state index in [4.69, 9.17) is 5.84 Å². The number of hydrazine groups is 1. The van der Waals surface area contributed by atoms with Gasteiger partial charge in [0, 0.05) is 19.6 Å². The van der Waals surface area contributed by atoms with Crippen LogP contribution < -0.4 is 11.3 Å². The lowest BCUT2D eigenvalue weighted by molar-refractivity contribution is 0.0718. The maximum atomic E-state index is 12.4. The number of aromatic nitrogens is 2. The Bertz CT molecular complexity index is 417. The fourth-order valence-corrected chi connectivity index (χ4v) is 1.71. The van der Waals surface area contributed by atoms with Gasteiger partial charge in [-0.2, -0.15) is 0 Å². The number of nitrogens with zero attached hydrogens (tertiary/aromatic N) is 4. The number of amides is 1. The van der Waals surface area contributed by atoms with Crippen molar-refractivity contribution in [2.45, 2.75) is 13.8 Å². The highest BCUT2D eigenvalue weighted by atomic mass is 16.2. The van der Waals surface area contributed by atoms with E-state index in [9.17, 15) is 4.79 Å². The van der Waals surface area contributed by atoms with Gasteiger partial charge in [-0.15, -0.1) is 0 Å². The predicted octanol–water partition coefficient (Wildman–Crippen LogP) is 0.422. The Kier molecular flexibility index (Phi) is 6.33. The third kappa shape index (κ3) is 5.10. The van der Waals surface area contributed by atoms with Crippen LogP contribution in [0.3, 0.4) is 0 Å². The van der Waals surface area contributed by atoms with Crippen LogP contribution >= 0.6 is 0 Å². The van der Waals surface area contributed by atoms with E-state index in [-0.39, 0.29) is 5.91 Å². The quantitative estimate of drug-likeness (QED) is 0.556. The van der Waals surface area contributed by atoms with Crippen molar-refractivity contribution in [3.8, 4) is 0 Å². The van der Waals surface area contributed by atoms with Crippen LogP contribution in [0.4, 0.5) is 5.82 Å². The Morgan fingerprint density at radius 1 is 1.30 bits per heavy atom. The van der Waals surface area contributed by atoms with Crippen molar-refractivity contribution in [3.63, 3.8) is 0 Å². The summed E-state index contributed by atoms with van der Waals surface area (Å²) < 4.78 is 0. The number of hydrogen-bond donors (Lipinski definition) is 2. The average molecular weight is 280 g/mol. The number of rotatable bonds is 7. The molecule has 1 heterocycles. The molecule has 0 bridgehead atoms. The average Bonchev–Trinajstić information content (AvgIpc) is 2.42. The molecule has 7 nitrogen and oxygen atoms in total. The second-order valence-corrected chi connectivity index (χ2v) is 5.38. The van der Waals surface area contributed by atoms with E-state index >= 15 is 0 Å². The molecule has 0 unspecified atom stereocenters. The topological polar surface area (TPSA) is 87.4 Å². The number of carbonyl (C=O) groups excluding carboxylic acids is 1. The zero-order chi connectivity index (χ0) is 15.1. The smallest absolute Gasteiger partial charge is 0.274 e. The molecule has 1 amide bonds. The summed E-state index contributed by atoms with van der Waals surface area (Å²) in [7, 11) is 3.97.